The summed E-state index contributed by atoms with van der Waals surface area (Å²) < 4.78 is 12.4. The number of rotatable bonds is 5. The van der Waals surface area contributed by atoms with Gasteiger partial charge in [0.2, 0.25) is 0 Å². The maximum Gasteiger partial charge on any atom is 0.419 e. The minimum absolute atomic E-state index is 0.390. The first-order chi connectivity index (χ1) is 13.3. The second-order valence-corrected chi connectivity index (χ2v) is 7.81. The molecule has 0 radical (unpaired) electrons. The molecule has 2 heterocycles. The third-order valence-corrected chi connectivity index (χ3v) is 4.18. The van der Waals surface area contributed by atoms with Gasteiger partial charge in [-0.25, -0.2) is 24.3 Å². The van der Waals surface area contributed by atoms with Crippen LogP contribution in [0.1, 0.15) is 26.3 Å². The summed E-state index contributed by atoms with van der Waals surface area (Å²) in [6.45, 7) is 5.86. The Morgan fingerprint density at radius 1 is 1.11 bits per heavy atom. The van der Waals surface area contributed by atoms with Crippen molar-refractivity contribution in [3.63, 3.8) is 0 Å². The van der Waals surface area contributed by atoms with Gasteiger partial charge in [-0.2, -0.15) is 0 Å². The molecule has 0 fully saturated rings. The van der Waals surface area contributed by atoms with Crippen LogP contribution in [0.5, 0.6) is 5.75 Å². The highest BCUT2D eigenvalue weighted by Gasteiger charge is 2.18. The number of thioether (sulfide) groups is 1. The number of hydrogen-bond donors (Lipinski definition) is 0. The summed E-state index contributed by atoms with van der Waals surface area (Å²) in [6, 6.07) is 7.51. The lowest BCUT2D eigenvalue weighted by Gasteiger charge is -2.19. The van der Waals surface area contributed by atoms with Crippen LogP contribution < -0.4 is 4.74 Å². The largest absolute Gasteiger partial charge is 0.489 e. The number of ether oxygens (including phenoxy) is 2. The summed E-state index contributed by atoms with van der Waals surface area (Å²) >= 11 is 1.50. The van der Waals surface area contributed by atoms with Gasteiger partial charge in [-0.15, -0.1) is 0 Å². The topological polar surface area (TPSA) is 79.1 Å². The van der Waals surface area contributed by atoms with E-state index in [4.69, 9.17) is 9.47 Å². The summed E-state index contributed by atoms with van der Waals surface area (Å²) in [5.74, 6) is 0.726. The fourth-order valence-corrected chi connectivity index (χ4v) is 2.61. The van der Waals surface area contributed by atoms with E-state index in [1.165, 1.54) is 22.7 Å². The Balaban J connectivity index is 1.61. The molecule has 0 amide bonds. The predicted octanol–water partition coefficient (Wildman–Crippen LogP) is 4.42. The Kier molecular flexibility index (Phi) is 5.99. The average molecular weight is 398 g/mol. The molecular weight excluding hydrogens is 376 g/mol. The average Bonchev–Trinajstić information content (AvgIpc) is 3.16. The van der Waals surface area contributed by atoms with Gasteiger partial charge in [-0.1, -0.05) is 11.8 Å². The molecule has 3 rings (SSSR count). The van der Waals surface area contributed by atoms with E-state index in [0.29, 0.717) is 12.3 Å². The van der Waals surface area contributed by atoms with Crippen molar-refractivity contribution in [3.05, 3.63) is 54.7 Å². The van der Waals surface area contributed by atoms with Crippen LogP contribution in [-0.4, -0.2) is 37.5 Å². The maximum atomic E-state index is 12.1. The molecule has 2 aromatic heterocycles. The Bertz CT molecular complexity index is 931. The number of carbonyl (C=O) groups excluding carboxylic acids is 1. The minimum Gasteiger partial charge on any atom is -0.489 e. The maximum absolute atomic E-state index is 12.1. The van der Waals surface area contributed by atoms with Crippen LogP contribution in [-0.2, 0) is 11.3 Å². The van der Waals surface area contributed by atoms with Gasteiger partial charge in [-0.3, -0.25) is 0 Å². The molecule has 0 saturated carbocycles. The fraction of sp³-hybridized carbons (Fsp3) is 0.300. The second kappa shape index (κ2) is 8.43. The molecule has 0 atom stereocenters. The Hall–Kier alpha value is -2.87. The number of nitrogens with zero attached hydrogens (tertiary/aromatic N) is 4. The molecule has 8 heteroatoms. The van der Waals surface area contributed by atoms with Crippen molar-refractivity contribution in [3.8, 4) is 17.0 Å². The van der Waals surface area contributed by atoms with E-state index in [0.717, 1.165) is 22.0 Å². The Morgan fingerprint density at radius 2 is 1.79 bits per heavy atom. The Labute approximate surface area is 168 Å². The smallest absolute Gasteiger partial charge is 0.419 e. The predicted molar refractivity (Wildman–Crippen MR) is 107 cm³/mol. The lowest BCUT2D eigenvalue weighted by atomic mass is 10.1. The van der Waals surface area contributed by atoms with Gasteiger partial charge in [-0.05, 0) is 51.3 Å². The van der Waals surface area contributed by atoms with Gasteiger partial charge in [0.25, 0.3) is 0 Å². The first kappa shape index (κ1) is 19.9. The van der Waals surface area contributed by atoms with Gasteiger partial charge in [0.1, 0.15) is 24.3 Å². The van der Waals surface area contributed by atoms with Crippen molar-refractivity contribution in [2.24, 2.45) is 0 Å². The standard InChI is InChI=1S/C20H22N4O3S/c1-20(2,3)27-19(25)24-11-17(23-13-24)15-5-7-16(8-6-15)26-12-14-9-21-18(28-4)22-10-14/h5-11,13H,12H2,1-4H3. The number of hydrogen-bond acceptors (Lipinski definition) is 7. The van der Waals surface area contributed by atoms with Crippen LogP contribution >= 0.6 is 11.8 Å². The van der Waals surface area contributed by atoms with Gasteiger partial charge < -0.3 is 9.47 Å². The zero-order chi connectivity index (χ0) is 20.1. The molecule has 0 aliphatic carbocycles. The summed E-state index contributed by atoms with van der Waals surface area (Å²) in [4.78, 5) is 24.8. The molecule has 0 aliphatic heterocycles. The third kappa shape index (κ3) is 5.32. The number of benzene rings is 1. The number of aromatic nitrogens is 4. The molecule has 3 aromatic rings. The van der Waals surface area contributed by atoms with Crippen molar-refractivity contribution in [2.75, 3.05) is 6.26 Å². The van der Waals surface area contributed by atoms with Crippen LogP contribution in [0.4, 0.5) is 4.79 Å². The molecule has 28 heavy (non-hydrogen) atoms. The van der Waals surface area contributed by atoms with E-state index in [1.54, 1.807) is 18.6 Å². The molecule has 0 aliphatic rings. The summed E-state index contributed by atoms with van der Waals surface area (Å²) in [7, 11) is 0. The van der Waals surface area contributed by atoms with E-state index in [9.17, 15) is 4.79 Å². The third-order valence-electron chi connectivity index (χ3n) is 3.61. The zero-order valence-corrected chi connectivity index (χ0v) is 17.1. The Morgan fingerprint density at radius 3 is 2.39 bits per heavy atom. The molecule has 0 N–H and O–H groups in total. The molecule has 1 aromatic carbocycles. The number of imidazole rings is 1. The van der Waals surface area contributed by atoms with Gasteiger partial charge in [0.15, 0.2) is 5.16 Å². The minimum atomic E-state index is -0.554. The summed E-state index contributed by atoms with van der Waals surface area (Å²) in [5, 5.41) is 0.735. The van der Waals surface area contributed by atoms with Crippen LogP contribution in [0.25, 0.3) is 11.3 Å². The molecule has 0 saturated heterocycles. The van der Waals surface area contributed by atoms with Crippen LogP contribution in [0, 0.1) is 0 Å². The molecule has 0 unspecified atom stereocenters. The highest BCUT2D eigenvalue weighted by Crippen LogP contribution is 2.22. The first-order valence-electron chi connectivity index (χ1n) is 8.69. The number of carbonyl (C=O) groups is 1. The summed E-state index contributed by atoms with van der Waals surface area (Å²) in [6.07, 6.45) is 8.10. The van der Waals surface area contributed by atoms with Crippen molar-refractivity contribution in [1.82, 2.24) is 19.5 Å². The lowest BCUT2D eigenvalue weighted by molar-refractivity contribution is 0.0536. The molecule has 146 valence electrons. The lowest BCUT2D eigenvalue weighted by Crippen LogP contribution is -2.26. The van der Waals surface area contributed by atoms with Crippen molar-refractivity contribution in [2.45, 2.75) is 38.1 Å². The van der Waals surface area contributed by atoms with Crippen molar-refractivity contribution < 1.29 is 14.3 Å². The monoisotopic (exact) mass is 398 g/mol. The van der Waals surface area contributed by atoms with Crippen LogP contribution in [0.3, 0.4) is 0 Å². The summed E-state index contributed by atoms with van der Waals surface area (Å²) in [5.41, 5.74) is 1.90. The van der Waals surface area contributed by atoms with E-state index in [-0.39, 0.29) is 0 Å². The normalized spacial score (nSPS) is 11.3. The van der Waals surface area contributed by atoms with Gasteiger partial charge in [0.05, 0.1) is 5.69 Å². The molecular formula is C20H22N4O3S. The van der Waals surface area contributed by atoms with E-state index >= 15 is 0 Å². The zero-order valence-electron chi connectivity index (χ0n) is 16.2. The highest BCUT2D eigenvalue weighted by atomic mass is 32.2. The van der Waals surface area contributed by atoms with Gasteiger partial charge in [0, 0.05) is 29.7 Å². The van der Waals surface area contributed by atoms with Crippen molar-refractivity contribution >= 4 is 17.9 Å². The van der Waals surface area contributed by atoms with Crippen LogP contribution in [0.15, 0.2) is 54.3 Å². The fourth-order valence-electron chi connectivity index (χ4n) is 2.30. The van der Waals surface area contributed by atoms with Gasteiger partial charge >= 0.3 is 6.09 Å². The first-order valence-corrected chi connectivity index (χ1v) is 9.92. The van der Waals surface area contributed by atoms with E-state index in [1.807, 2.05) is 51.3 Å². The molecule has 0 spiro atoms. The second-order valence-electron chi connectivity index (χ2n) is 7.04. The highest BCUT2D eigenvalue weighted by molar-refractivity contribution is 7.98. The van der Waals surface area contributed by atoms with Crippen molar-refractivity contribution in [1.29, 1.82) is 0 Å². The molecule has 7 nitrogen and oxygen atoms in total. The SMILES string of the molecule is CSc1ncc(COc2ccc(-c3cn(C(=O)OC(C)(C)C)cn3)cc2)cn1. The molecule has 0 bridgehead atoms. The van der Waals surface area contributed by atoms with Crippen LogP contribution in [0.2, 0.25) is 0 Å². The van der Waals surface area contributed by atoms with E-state index < -0.39 is 11.7 Å². The van der Waals surface area contributed by atoms with E-state index in [2.05, 4.69) is 15.0 Å². The quantitative estimate of drug-likeness (QED) is 0.465.